The van der Waals surface area contributed by atoms with E-state index in [0.717, 1.165) is 24.3 Å². The van der Waals surface area contributed by atoms with Crippen LogP contribution < -0.4 is 0 Å². The van der Waals surface area contributed by atoms with Crippen LogP contribution in [-0.4, -0.2) is 24.4 Å². The lowest BCUT2D eigenvalue weighted by molar-refractivity contribution is -0.384. The summed E-state index contributed by atoms with van der Waals surface area (Å²) in [4.78, 5) is 20.4. The predicted molar refractivity (Wildman–Crippen MR) is 71.9 cm³/mol. The van der Waals surface area contributed by atoms with Crippen molar-refractivity contribution < 1.29 is 23.2 Å². The molecule has 0 radical (unpaired) electrons. The smallest absolute Gasteiger partial charge is 0.335 e. The van der Waals surface area contributed by atoms with Crippen LogP contribution in [0.4, 0.5) is 5.69 Å². The normalized spacial score (nSPS) is 11.0. The number of carboxylic acids is 1. The van der Waals surface area contributed by atoms with E-state index < -0.39 is 20.7 Å². The lowest BCUT2D eigenvalue weighted by atomic mass is 10.2. The molecule has 0 aliphatic rings. The van der Waals surface area contributed by atoms with Crippen LogP contribution in [0.15, 0.2) is 58.3 Å². The van der Waals surface area contributed by atoms with Gasteiger partial charge >= 0.3 is 5.97 Å². The van der Waals surface area contributed by atoms with Crippen molar-refractivity contribution in [3.05, 3.63) is 64.2 Å². The number of non-ortho nitro benzene ring substituents is 1. The number of sulfone groups is 1. The summed E-state index contributed by atoms with van der Waals surface area (Å²) in [6, 6.07) is 9.19. The van der Waals surface area contributed by atoms with Crippen molar-refractivity contribution in [3.63, 3.8) is 0 Å². The van der Waals surface area contributed by atoms with Gasteiger partial charge < -0.3 is 5.11 Å². The molecule has 2 aromatic carbocycles. The highest BCUT2D eigenvalue weighted by Gasteiger charge is 2.19. The third-order valence-corrected chi connectivity index (χ3v) is 4.55. The van der Waals surface area contributed by atoms with Gasteiger partial charge in [-0.15, -0.1) is 0 Å². The molecule has 0 saturated heterocycles. The van der Waals surface area contributed by atoms with Gasteiger partial charge in [0, 0.05) is 12.1 Å². The molecular weight excluding hydrogens is 298 g/mol. The van der Waals surface area contributed by atoms with E-state index in [9.17, 15) is 23.3 Å². The van der Waals surface area contributed by atoms with Crippen LogP contribution in [0.25, 0.3) is 0 Å². The molecule has 8 heteroatoms. The Hall–Kier alpha value is -2.74. The number of carboxylic acid groups (broad SMARTS) is 1. The maximum absolute atomic E-state index is 12.3. The minimum atomic E-state index is -3.84. The number of hydrogen-bond donors (Lipinski definition) is 1. The third kappa shape index (κ3) is 2.90. The number of benzene rings is 2. The van der Waals surface area contributed by atoms with Gasteiger partial charge in [0.15, 0.2) is 0 Å². The molecule has 0 saturated carbocycles. The maximum atomic E-state index is 12.3. The van der Waals surface area contributed by atoms with Crippen LogP contribution >= 0.6 is 0 Å². The molecule has 0 bridgehead atoms. The average molecular weight is 307 g/mol. The summed E-state index contributed by atoms with van der Waals surface area (Å²) in [5.41, 5.74) is -0.243. The standard InChI is InChI=1S/C13H9NO6S/c15-13(16)9-1-5-11(6-2-9)21(19,20)12-7-3-10(4-8-12)14(17)18/h1-8H,(H,15,16). The molecule has 0 fully saturated rings. The molecule has 108 valence electrons. The van der Waals surface area contributed by atoms with Crippen molar-refractivity contribution >= 4 is 21.5 Å². The van der Waals surface area contributed by atoms with Crippen molar-refractivity contribution in [3.8, 4) is 0 Å². The molecule has 0 amide bonds. The molecule has 2 aromatic rings. The first kappa shape index (κ1) is 14.7. The van der Waals surface area contributed by atoms with Gasteiger partial charge in [0.05, 0.1) is 20.3 Å². The average Bonchev–Trinajstić information content (AvgIpc) is 2.47. The highest BCUT2D eigenvalue weighted by molar-refractivity contribution is 7.91. The number of nitrogens with zero attached hydrogens (tertiary/aromatic N) is 1. The van der Waals surface area contributed by atoms with E-state index >= 15 is 0 Å². The SMILES string of the molecule is O=C(O)c1ccc(S(=O)(=O)c2ccc([N+](=O)[O-])cc2)cc1. The Labute approximate surface area is 119 Å². The summed E-state index contributed by atoms with van der Waals surface area (Å²) in [7, 11) is -3.84. The number of rotatable bonds is 4. The van der Waals surface area contributed by atoms with Crippen molar-refractivity contribution in [2.45, 2.75) is 9.79 Å². The Bertz CT molecular complexity index is 730. The molecule has 0 spiro atoms. The number of aromatic carboxylic acids is 1. The first-order valence-corrected chi connectivity index (χ1v) is 7.13. The Morgan fingerprint density at radius 3 is 1.76 bits per heavy atom. The summed E-state index contributed by atoms with van der Waals surface area (Å²) in [5.74, 6) is -1.16. The minimum Gasteiger partial charge on any atom is -0.478 e. The zero-order valence-corrected chi connectivity index (χ0v) is 11.3. The third-order valence-electron chi connectivity index (χ3n) is 2.77. The first-order valence-electron chi connectivity index (χ1n) is 5.65. The van der Waals surface area contributed by atoms with Gasteiger partial charge in [-0.1, -0.05) is 0 Å². The summed E-state index contributed by atoms with van der Waals surface area (Å²) < 4.78 is 24.6. The zero-order chi connectivity index (χ0) is 15.6. The summed E-state index contributed by atoms with van der Waals surface area (Å²) >= 11 is 0. The minimum absolute atomic E-state index is 0.0300. The number of carbonyl (C=O) groups is 1. The van der Waals surface area contributed by atoms with Crippen molar-refractivity contribution in [2.24, 2.45) is 0 Å². The van der Waals surface area contributed by atoms with Gasteiger partial charge in [-0.2, -0.15) is 0 Å². The second kappa shape index (κ2) is 5.33. The summed E-state index contributed by atoms with van der Waals surface area (Å²) in [5, 5.41) is 19.3. The molecule has 0 aliphatic heterocycles. The molecule has 21 heavy (non-hydrogen) atoms. The van der Waals surface area contributed by atoms with Gasteiger partial charge in [0.1, 0.15) is 0 Å². The quantitative estimate of drug-likeness (QED) is 0.683. The predicted octanol–water partition coefficient (Wildman–Crippen LogP) is 2.13. The Kier molecular flexibility index (Phi) is 3.72. The largest absolute Gasteiger partial charge is 0.478 e. The molecule has 0 atom stereocenters. The first-order chi connectivity index (χ1) is 9.82. The van der Waals surface area contributed by atoms with Gasteiger partial charge in [-0.25, -0.2) is 13.2 Å². The van der Waals surface area contributed by atoms with Gasteiger partial charge in [0.25, 0.3) is 5.69 Å². The van der Waals surface area contributed by atoms with Crippen molar-refractivity contribution in [1.82, 2.24) is 0 Å². The second-order valence-electron chi connectivity index (χ2n) is 4.08. The molecule has 0 aliphatic carbocycles. The van der Waals surface area contributed by atoms with Gasteiger partial charge in [0.2, 0.25) is 9.84 Å². The molecule has 0 unspecified atom stereocenters. The van der Waals surface area contributed by atoms with Gasteiger partial charge in [-0.3, -0.25) is 10.1 Å². The van der Waals surface area contributed by atoms with Crippen LogP contribution in [0.3, 0.4) is 0 Å². The topological polar surface area (TPSA) is 115 Å². The Morgan fingerprint density at radius 1 is 0.952 bits per heavy atom. The van der Waals surface area contributed by atoms with E-state index in [1.54, 1.807) is 0 Å². The van der Waals surface area contributed by atoms with E-state index in [4.69, 9.17) is 5.11 Å². The summed E-state index contributed by atoms with van der Waals surface area (Å²) in [6.45, 7) is 0. The summed E-state index contributed by atoms with van der Waals surface area (Å²) in [6.07, 6.45) is 0. The van der Waals surface area contributed by atoms with Crippen LogP contribution in [0.2, 0.25) is 0 Å². The van der Waals surface area contributed by atoms with E-state index in [2.05, 4.69) is 0 Å². The second-order valence-corrected chi connectivity index (χ2v) is 6.03. The molecule has 0 aromatic heterocycles. The van der Waals surface area contributed by atoms with Crippen LogP contribution in [0, 0.1) is 10.1 Å². The molecule has 1 N–H and O–H groups in total. The van der Waals surface area contributed by atoms with Crippen LogP contribution in [-0.2, 0) is 9.84 Å². The number of hydrogen-bond acceptors (Lipinski definition) is 5. The fourth-order valence-electron chi connectivity index (χ4n) is 1.66. The fraction of sp³-hybridized carbons (Fsp3) is 0. The molecule has 0 heterocycles. The lowest BCUT2D eigenvalue weighted by Gasteiger charge is -2.04. The van der Waals surface area contributed by atoms with Crippen molar-refractivity contribution in [2.75, 3.05) is 0 Å². The number of nitro benzene ring substituents is 1. The van der Waals surface area contributed by atoms with Crippen LogP contribution in [0.5, 0.6) is 0 Å². The van der Waals surface area contributed by atoms with E-state index in [-0.39, 0.29) is 21.0 Å². The van der Waals surface area contributed by atoms with Crippen LogP contribution in [0.1, 0.15) is 10.4 Å². The maximum Gasteiger partial charge on any atom is 0.335 e. The Balaban J connectivity index is 2.41. The van der Waals surface area contributed by atoms with Gasteiger partial charge in [-0.05, 0) is 36.4 Å². The fourth-order valence-corrected chi connectivity index (χ4v) is 2.92. The monoisotopic (exact) mass is 307 g/mol. The molecular formula is C13H9NO6S. The Morgan fingerprint density at radius 2 is 1.38 bits per heavy atom. The lowest BCUT2D eigenvalue weighted by Crippen LogP contribution is -2.03. The number of nitro groups is 1. The van der Waals surface area contributed by atoms with E-state index in [1.807, 2.05) is 0 Å². The van der Waals surface area contributed by atoms with E-state index in [1.165, 1.54) is 24.3 Å². The van der Waals surface area contributed by atoms with E-state index in [0.29, 0.717) is 0 Å². The highest BCUT2D eigenvalue weighted by atomic mass is 32.2. The molecule has 7 nitrogen and oxygen atoms in total. The zero-order valence-electron chi connectivity index (χ0n) is 10.5. The highest BCUT2D eigenvalue weighted by Crippen LogP contribution is 2.23. The molecule has 2 rings (SSSR count). The van der Waals surface area contributed by atoms with Crippen molar-refractivity contribution in [1.29, 1.82) is 0 Å².